The van der Waals surface area contributed by atoms with E-state index in [0.717, 1.165) is 25.7 Å². The minimum atomic E-state index is -0.795. The molecule has 4 heterocycles. The first-order valence-corrected chi connectivity index (χ1v) is 12.0. The van der Waals surface area contributed by atoms with Gasteiger partial charge in [0.15, 0.2) is 18.2 Å². The molecule has 5 fully saturated rings. The Balaban J connectivity index is 1.24. The minimum Gasteiger partial charge on any atom is -0.491 e. The molecule has 1 unspecified atom stereocenters. The van der Waals surface area contributed by atoms with Crippen molar-refractivity contribution in [3.63, 3.8) is 0 Å². The van der Waals surface area contributed by atoms with Gasteiger partial charge in [-0.15, -0.1) is 0 Å². The van der Waals surface area contributed by atoms with Gasteiger partial charge >= 0.3 is 5.97 Å². The summed E-state index contributed by atoms with van der Waals surface area (Å²) in [5.41, 5.74) is -0.138. The molecule has 8 heteroatoms. The number of ether oxygens (including phenoxy) is 5. The van der Waals surface area contributed by atoms with Gasteiger partial charge in [0, 0.05) is 18.3 Å². The van der Waals surface area contributed by atoms with Gasteiger partial charge in [-0.2, -0.15) is 0 Å². The average molecular weight is 463 g/mol. The predicted octanol–water partition coefficient (Wildman–Crippen LogP) is 4.08. The molecule has 6 rings (SSSR count). The summed E-state index contributed by atoms with van der Waals surface area (Å²) in [7, 11) is 1.36. The number of hydrogen-bond acceptors (Lipinski definition) is 8. The summed E-state index contributed by atoms with van der Waals surface area (Å²) in [6.45, 7) is 7.06. The number of carbonyl (C=O) groups excluding carboxylic acids is 1. The molecular formula is C25H34O8. The first-order valence-electron chi connectivity index (χ1n) is 12.0. The second kappa shape index (κ2) is 8.82. The summed E-state index contributed by atoms with van der Waals surface area (Å²) >= 11 is 0. The van der Waals surface area contributed by atoms with Crippen molar-refractivity contribution in [3.8, 4) is 5.75 Å². The van der Waals surface area contributed by atoms with Gasteiger partial charge in [0.25, 0.3) is 0 Å². The van der Waals surface area contributed by atoms with Crippen LogP contribution in [0.2, 0.25) is 0 Å². The van der Waals surface area contributed by atoms with E-state index in [1.54, 1.807) is 24.3 Å². The van der Waals surface area contributed by atoms with Crippen molar-refractivity contribution in [2.75, 3.05) is 20.3 Å². The summed E-state index contributed by atoms with van der Waals surface area (Å²) in [4.78, 5) is 23.7. The quantitative estimate of drug-likeness (QED) is 0.355. The van der Waals surface area contributed by atoms with Crippen LogP contribution in [0.15, 0.2) is 24.3 Å². The van der Waals surface area contributed by atoms with Gasteiger partial charge in [0.2, 0.25) is 5.79 Å². The zero-order valence-corrected chi connectivity index (χ0v) is 19.8. The van der Waals surface area contributed by atoms with Gasteiger partial charge < -0.3 is 23.7 Å². The zero-order valence-electron chi connectivity index (χ0n) is 19.8. The molecule has 1 aromatic carbocycles. The van der Waals surface area contributed by atoms with Crippen LogP contribution in [0.4, 0.5) is 0 Å². The molecular weight excluding hydrogens is 428 g/mol. The molecule has 1 saturated carbocycles. The monoisotopic (exact) mass is 462 g/mol. The fourth-order valence-electron chi connectivity index (χ4n) is 6.22. The normalized spacial score (nSPS) is 41.7. The maximum absolute atomic E-state index is 11.7. The molecule has 8 atom stereocenters. The fraction of sp³-hybridized carbons (Fsp3) is 0.720. The van der Waals surface area contributed by atoms with E-state index in [2.05, 4.69) is 13.8 Å². The van der Waals surface area contributed by atoms with Gasteiger partial charge in [-0.05, 0) is 56.2 Å². The van der Waals surface area contributed by atoms with Crippen molar-refractivity contribution in [2.24, 2.45) is 23.7 Å². The lowest BCUT2D eigenvalue weighted by Gasteiger charge is -2.60. The molecule has 0 amide bonds. The number of fused-ring (bicyclic) bond motifs is 2. The standard InChI is InChI=1S/C25H34O8/c1-15-8-9-20-16(2)22(29-13-12-28-18-7-5-6-17(14-18)21(26)27-4)30-23-25(20)19(15)10-11-24(3,31-23)32-33-25/h5-7,14-16,19-20,22-23H,8-13H2,1-4H3/t15-,16-,19?,20+,22+,23-,24-,25-/m1/s1. The van der Waals surface area contributed by atoms with Crippen LogP contribution in [0.3, 0.4) is 0 Å². The highest BCUT2D eigenvalue weighted by molar-refractivity contribution is 5.89. The smallest absolute Gasteiger partial charge is 0.337 e. The Morgan fingerprint density at radius 1 is 1.12 bits per heavy atom. The lowest BCUT2D eigenvalue weighted by atomic mass is 9.58. The second-order valence-corrected chi connectivity index (χ2v) is 10.0. The van der Waals surface area contributed by atoms with Crippen LogP contribution in [0, 0.1) is 23.7 Å². The lowest BCUT2D eigenvalue weighted by Crippen LogP contribution is -2.70. The van der Waals surface area contributed by atoms with Crippen molar-refractivity contribution in [2.45, 2.75) is 70.4 Å². The molecule has 1 aliphatic carbocycles. The third kappa shape index (κ3) is 3.96. The first-order chi connectivity index (χ1) is 15.9. The van der Waals surface area contributed by atoms with Crippen LogP contribution in [0.1, 0.15) is 56.8 Å². The van der Waals surface area contributed by atoms with E-state index in [4.69, 9.17) is 33.5 Å². The van der Waals surface area contributed by atoms with Crippen molar-refractivity contribution >= 4 is 5.97 Å². The molecule has 33 heavy (non-hydrogen) atoms. The molecule has 2 bridgehead atoms. The van der Waals surface area contributed by atoms with Crippen molar-refractivity contribution in [1.82, 2.24) is 0 Å². The molecule has 1 spiro atoms. The third-order valence-corrected chi connectivity index (χ3v) is 7.99. The maximum Gasteiger partial charge on any atom is 0.337 e. The number of esters is 1. The third-order valence-electron chi connectivity index (χ3n) is 7.99. The van der Waals surface area contributed by atoms with E-state index < -0.39 is 29.9 Å². The van der Waals surface area contributed by atoms with Gasteiger partial charge in [0.1, 0.15) is 12.4 Å². The van der Waals surface area contributed by atoms with Gasteiger partial charge in [-0.3, -0.25) is 0 Å². The van der Waals surface area contributed by atoms with Crippen molar-refractivity contribution in [1.29, 1.82) is 0 Å². The summed E-state index contributed by atoms with van der Waals surface area (Å²) in [6, 6.07) is 6.91. The Bertz CT molecular complexity index is 876. The molecule has 0 N–H and O–H groups in total. The van der Waals surface area contributed by atoms with E-state index in [1.165, 1.54) is 7.11 Å². The molecule has 5 aliphatic rings. The number of methoxy groups -OCH3 is 1. The molecule has 4 aliphatic heterocycles. The highest BCUT2D eigenvalue weighted by Crippen LogP contribution is 2.60. The number of benzene rings is 1. The molecule has 1 aromatic rings. The minimum absolute atomic E-state index is 0.119. The number of carbonyl (C=O) groups is 1. The second-order valence-electron chi connectivity index (χ2n) is 10.0. The van der Waals surface area contributed by atoms with Gasteiger partial charge in [-0.25, -0.2) is 14.6 Å². The molecule has 4 saturated heterocycles. The van der Waals surface area contributed by atoms with Gasteiger partial charge in [-0.1, -0.05) is 19.9 Å². The SMILES string of the molecule is COC(=O)c1cccc(OCCO[C@H]2O[C@@H]3O[C@@]4(C)CCC5[C@H](C)CC[C@@H]([C@H]2C)[C@]53OO4)c1. The Morgan fingerprint density at radius 3 is 2.79 bits per heavy atom. The summed E-state index contributed by atoms with van der Waals surface area (Å²) in [6.07, 6.45) is 3.03. The van der Waals surface area contributed by atoms with Crippen LogP contribution in [-0.2, 0) is 28.7 Å². The van der Waals surface area contributed by atoms with Crippen LogP contribution in [-0.4, -0.2) is 50.3 Å². The topological polar surface area (TPSA) is 81.7 Å². The van der Waals surface area contributed by atoms with Gasteiger partial charge in [0.05, 0.1) is 19.3 Å². The Hall–Kier alpha value is -1.71. The van der Waals surface area contributed by atoms with E-state index in [0.29, 0.717) is 36.4 Å². The Morgan fingerprint density at radius 2 is 1.97 bits per heavy atom. The average Bonchev–Trinajstić information content (AvgIpc) is 3.05. The van der Waals surface area contributed by atoms with Crippen LogP contribution in [0.25, 0.3) is 0 Å². The Kier molecular flexibility index (Phi) is 6.16. The highest BCUT2D eigenvalue weighted by atomic mass is 17.3. The largest absolute Gasteiger partial charge is 0.491 e. The summed E-state index contributed by atoms with van der Waals surface area (Å²) in [5, 5.41) is 0. The van der Waals surface area contributed by atoms with Crippen LogP contribution < -0.4 is 4.74 Å². The maximum atomic E-state index is 11.7. The van der Waals surface area contributed by atoms with Crippen LogP contribution >= 0.6 is 0 Å². The van der Waals surface area contributed by atoms with Crippen LogP contribution in [0.5, 0.6) is 5.75 Å². The predicted molar refractivity (Wildman–Crippen MR) is 116 cm³/mol. The molecule has 182 valence electrons. The fourth-order valence-corrected chi connectivity index (χ4v) is 6.22. The molecule has 0 aromatic heterocycles. The summed E-state index contributed by atoms with van der Waals surface area (Å²) < 4.78 is 29.5. The van der Waals surface area contributed by atoms with E-state index in [1.807, 2.05) is 6.92 Å². The summed E-state index contributed by atoms with van der Waals surface area (Å²) in [5.74, 6) is 0.600. The van der Waals surface area contributed by atoms with E-state index in [-0.39, 0.29) is 11.8 Å². The zero-order chi connectivity index (χ0) is 23.2. The van der Waals surface area contributed by atoms with Crippen molar-refractivity contribution < 1.29 is 38.3 Å². The van der Waals surface area contributed by atoms with E-state index >= 15 is 0 Å². The molecule has 8 nitrogen and oxygen atoms in total. The highest BCUT2D eigenvalue weighted by Gasteiger charge is 2.69. The van der Waals surface area contributed by atoms with E-state index in [9.17, 15) is 4.79 Å². The Labute approximate surface area is 194 Å². The van der Waals surface area contributed by atoms with Crippen molar-refractivity contribution in [3.05, 3.63) is 29.8 Å². The lowest BCUT2D eigenvalue weighted by molar-refractivity contribution is -0.577. The number of hydrogen-bond donors (Lipinski definition) is 0. The number of rotatable bonds is 6. The first kappa shape index (κ1) is 23.1. The molecule has 0 radical (unpaired) electrons.